The van der Waals surface area contributed by atoms with Gasteiger partial charge in [-0.15, -0.1) is 0 Å². The predicted octanol–water partition coefficient (Wildman–Crippen LogP) is 1.88. The first-order valence-corrected chi connectivity index (χ1v) is 3.74. The molecule has 1 rings (SSSR count). The highest BCUT2D eigenvalue weighted by Gasteiger charge is 2.40. The Labute approximate surface area is 68.0 Å². The zero-order chi connectivity index (χ0) is 8.48. The molecule has 0 aromatic heterocycles. The molecule has 1 unspecified atom stereocenters. The lowest BCUT2D eigenvalue weighted by Gasteiger charge is -2.25. The molecule has 1 aliphatic heterocycles. The van der Waals surface area contributed by atoms with Gasteiger partial charge in [0.1, 0.15) is 0 Å². The van der Waals surface area contributed by atoms with Crippen molar-refractivity contribution in [1.29, 1.82) is 0 Å². The molecule has 1 aliphatic rings. The lowest BCUT2D eigenvalue weighted by molar-refractivity contribution is -0.175. The van der Waals surface area contributed by atoms with Gasteiger partial charge in [-0.25, -0.2) is 0 Å². The second-order valence-electron chi connectivity index (χ2n) is 2.58. The molecule has 1 saturated heterocycles. The van der Waals surface area contributed by atoms with Crippen molar-refractivity contribution in [2.45, 2.75) is 19.0 Å². The minimum Gasteiger partial charge on any atom is -0.380 e. The number of piperidine rings is 1. The molecule has 11 heavy (non-hydrogen) atoms. The van der Waals surface area contributed by atoms with E-state index >= 15 is 0 Å². The van der Waals surface area contributed by atoms with Crippen molar-refractivity contribution in [2.75, 3.05) is 6.54 Å². The van der Waals surface area contributed by atoms with E-state index in [1.165, 1.54) is 0 Å². The van der Waals surface area contributed by atoms with Crippen LogP contribution in [-0.2, 0) is 0 Å². The van der Waals surface area contributed by atoms with Gasteiger partial charge in [-0.05, 0) is 6.42 Å². The molecule has 0 spiro atoms. The van der Waals surface area contributed by atoms with Crippen LogP contribution in [0.3, 0.4) is 0 Å². The van der Waals surface area contributed by atoms with Crippen LogP contribution < -0.4 is 5.32 Å². The van der Waals surface area contributed by atoms with E-state index in [-0.39, 0.29) is 12.8 Å². The normalized spacial score (nSPS) is 26.5. The molecule has 0 aromatic rings. The third kappa shape index (κ3) is 2.32. The standard InChI is InChI=1S/C6H8F3NS/c7-6(8,9)4-1-2-10-5(11)3-4/h4H,1-3H2,(H,10,11). The molecular formula is C6H8F3NS. The zero-order valence-electron chi connectivity index (χ0n) is 5.74. The Bertz CT molecular complexity index is 166. The van der Waals surface area contributed by atoms with E-state index in [2.05, 4.69) is 17.5 Å². The van der Waals surface area contributed by atoms with Crippen LogP contribution in [0.2, 0.25) is 0 Å². The molecule has 0 bridgehead atoms. The van der Waals surface area contributed by atoms with E-state index in [4.69, 9.17) is 0 Å². The Morgan fingerprint density at radius 2 is 2.09 bits per heavy atom. The van der Waals surface area contributed by atoms with Gasteiger partial charge in [-0.3, -0.25) is 0 Å². The maximum Gasteiger partial charge on any atom is 0.392 e. The van der Waals surface area contributed by atoms with Gasteiger partial charge in [0.05, 0.1) is 10.9 Å². The van der Waals surface area contributed by atoms with E-state index in [9.17, 15) is 13.2 Å². The summed E-state index contributed by atoms with van der Waals surface area (Å²) in [5.74, 6) is -1.23. The van der Waals surface area contributed by atoms with Crippen molar-refractivity contribution < 1.29 is 13.2 Å². The smallest absolute Gasteiger partial charge is 0.380 e. The predicted molar refractivity (Wildman–Crippen MR) is 39.4 cm³/mol. The first kappa shape index (κ1) is 8.77. The van der Waals surface area contributed by atoms with E-state index < -0.39 is 12.1 Å². The minimum atomic E-state index is -4.08. The fraction of sp³-hybridized carbons (Fsp3) is 0.833. The van der Waals surface area contributed by atoms with E-state index in [0.29, 0.717) is 11.5 Å². The average Bonchev–Trinajstić information content (AvgIpc) is 1.86. The van der Waals surface area contributed by atoms with Gasteiger partial charge in [0, 0.05) is 13.0 Å². The summed E-state index contributed by atoms with van der Waals surface area (Å²) in [6, 6.07) is 0. The van der Waals surface area contributed by atoms with E-state index in [1.807, 2.05) is 0 Å². The third-order valence-electron chi connectivity index (χ3n) is 1.71. The lowest BCUT2D eigenvalue weighted by atomic mass is 9.98. The molecule has 1 atom stereocenters. The van der Waals surface area contributed by atoms with Crippen LogP contribution >= 0.6 is 12.2 Å². The van der Waals surface area contributed by atoms with Crippen molar-refractivity contribution in [3.63, 3.8) is 0 Å². The van der Waals surface area contributed by atoms with Gasteiger partial charge in [-0.2, -0.15) is 13.2 Å². The van der Waals surface area contributed by atoms with Crippen LogP contribution in [0.4, 0.5) is 13.2 Å². The van der Waals surface area contributed by atoms with Crippen molar-refractivity contribution in [2.24, 2.45) is 5.92 Å². The average molecular weight is 183 g/mol. The fourth-order valence-corrected chi connectivity index (χ4v) is 1.37. The molecule has 64 valence electrons. The molecule has 1 N–H and O–H groups in total. The molecular weight excluding hydrogens is 175 g/mol. The minimum absolute atomic E-state index is 0.0428. The van der Waals surface area contributed by atoms with Crippen LogP contribution in [0.15, 0.2) is 0 Å². The second-order valence-corrected chi connectivity index (χ2v) is 3.07. The van der Waals surface area contributed by atoms with Gasteiger partial charge < -0.3 is 5.32 Å². The summed E-state index contributed by atoms with van der Waals surface area (Å²) in [6.07, 6.45) is -3.98. The van der Waals surface area contributed by atoms with E-state index in [0.717, 1.165) is 0 Å². The maximum atomic E-state index is 12.0. The molecule has 0 aromatic carbocycles. The number of rotatable bonds is 0. The summed E-state index contributed by atoms with van der Waals surface area (Å²) in [7, 11) is 0. The Balaban J connectivity index is 2.53. The Morgan fingerprint density at radius 3 is 2.45 bits per heavy atom. The van der Waals surface area contributed by atoms with Crippen LogP contribution in [0.1, 0.15) is 12.8 Å². The van der Waals surface area contributed by atoms with Crippen molar-refractivity contribution in [3.05, 3.63) is 0 Å². The van der Waals surface area contributed by atoms with Gasteiger partial charge >= 0.3 is 6.18 Å². The lowest BCUT2D eigenvalue weighted by Crippen LogP contribution is -2.38. The Morgan fingerprint density at radius 1 is 1.45 bits per heavy atom. The van der Waals surface area contributed by atoms with Crippen LogP contribution in [-0.4, -0.2) is 17.7 Å². The van der Waals surface area contributed by atoms with Crippen molar-refractivity contribution >= 4 is 17.2 Å². The first-order valence-electron chi connectivity index (χ1n) is 3.33. The SMILES string of the molecule is FC(F)(F)C1CCNC(=S)C1. The van der Waals surface area contributed by atoms with Gasteiger partial charge in [0.25, 0.3) is 0 Å². The molecule has 0 saturated carbocycles. The Kier molecular flexibility index (Phi) is 2.37. The fourth-order valence-electron chi connectivity index (χ4n) is 1.06. The first-order chi connectivity index (χ1) is 5.00. The van der Waals surface area contributed by atoms with Crippen LogP contribution in [0.5, 0.6) is 0 Å². The van der Waals surface area contributed by atoms with Gasteiger partial charge in [-0.1, -0.05) is 12.2 Å². The van der Waals surface area contributed by atoms with Crippen LogP contribution in [0.25, 0.3) is 0 Å². The molecule has 1 heterocycles. The summed E-state index contributed by atoms with van der Waals surface area (Å²) >= 11 is 4.64. The van der Waals surface area contributed by atoms with Crippen molar-refractivity contribution in [1.82, 2.24) is 5.32 Å². The third-order valence-corrected chi connectivity index (χ3v) is 2.02. The van der Waals surface area contributed by atoms with Crippen molar-refractivity contribution in [3.8, 4) is 0 Å². The topological polar surface area (TPSA) is 12.0 Å². The summed E-state index contributed by atoms with van der Waals surface area (Å²) in [6.45, 7) is 0.350. The number of hydrogen-bond acceptors (Lipinski definition) is 1. The molecule has 0 aliphatic carbocycles. The zero-order valence-corrected chi connectivity index (χ0v) is 6.56. The monoisotopic (exact) mass is 183 g/mol. The number of thiocarbonyl (C=S) groups is 1. The Hall–Kier alpha value is -0.320. The number of hydrogen-bond donors (Lipinski definition) is 1. The largest absolute Gasteiger partial charge is 0.392 e. The summed E-state index contributed by atoms with van der Waals surface area (Å²) < 4.78 is 36.1. The molecule has 0 radical (unpaired) electrons. The quantitative estimate of drug-likeness (QED) is 0.575. The highest BCUT2D eigenvalue weighted by atomic mass is 32.1. The molecule has 1 fully saturated rings. The molecule has 1 nitrogen and oxygen atoms in total. The number of alkyl halides is 3. The summed E-state index contributed by atoms with van der Waals surface area (Å²) in [5, 5.41) is 2.72. The molecule has 5 heteroatoms. The summed E-state index contributed by atoms with van der Waals surface area (Å²) in [5.41, 5.74) is 0. The highest BCUT2D eigenvalue weighted by Crippen LogP contribution is 2.32. The van der Waals surface area contributed by atoms with Gasteiger partial charge in [0.15, 0.2) is 0 Å². The highest BCUT2D eigenvalue weighted by molar-refractivity contribution is 7.80. The maximum absolute atomic E-state index is 12.0. The van der Waals surface area contributed by atoms with Gasteiger partial charge in [0.2, 0.25) is 0 Å². The number of halogens is 3. The van der Waals surface area contributed by atoms with Crippen LogP contribution in [0, 0.1) is 5.92 Å². The molecule has 0 amide bonds. The van der Waals surface area contributed by atoms with E-state index in [1.54, 1.807) is 0 Å². The summed E-state index contributed by atoms with van der Waals surface area (Å²) in [4.78, 5) is 0.332. The number of nitrogens with one attached hydrogen (secondary N) is 1. The second kappa shape index (κ2) is 2.97.